The van der Waals surface area contributed by atoms with Gasteiger partial charge >= 0.3 is 0 Å². The molecule has 6 amide bonds. The van der Waals surface area contributed by atoms with Crippen LogP contribution < -0.4 is 24.8 Å². The monoisotopic (exact) mass is 924 g/mol. The number of benzene rings is 3. The molecule has 1 fully saturated rings. The molecule has 3 aromatic carbocycles. The molecule has 0 spiro atoms. The summed E-state index contributed by atoms with van der Waals surface area (Å²) in [6, 6.07) is 16.7. The van der Waals surface area contributed by atoms with Gasteiger partial charge in [-0.25, -0.2) is 0 Å². The molecule has 2 N–H and O–H groups in total. The Kier molecular flexibility index (Phi) is 15.9. The summed E-state index contributed by atoms with van der Waals surface area (Å²) in [7, 11) is 0.172. The number of hydrogen-bond acceptors (Lipinski definition) is 11. The minimum Gasteiger partial charge on any atom is -0.493 e. The Morgan fingerprint density at radius 1 is 0.877 bits per heavy atom. The smallest absolute Gasteiger partial charge is 0.264 e. The zero-order chi connectivity index (χ0) is 46.0. The lowest BCUT2D eigenvalue weighted by Crippen LogP contribution is -2.52. The molecular weight excluding hydrogens is 869 g/mol. The molecule has 0 radical (unpaired) electrons. The van der Waals surface area contributed by atoms with Crippen molar-refractivity contribution < 1.29 is 47.2 Å². The van der Waals surface area contributed by atoms with Gasteiger partial charge in [-0.15, -0.1) is 11.3 Å². The molecule has 0 bridgehead atoms. The van der Waals surface area contributed by atoms with E-state index in [0.717, 1.165) is 72.5 Å². The summed E-state index contributed by atoms with van der Waals surface area (Å²) in [5, 5.41) is 7.05. The van der Waals surface area contributed by atoms with Crippen LogP contribution >= 0.6 is 11.3 Å². The number of unbranched alkanes of at least 4 members (excludes halogenated alkanes) is 7. The molecule has 3 aliphatic rings. The number of imide groups is 2. The molecule has 3 unspecified atom stereocenters. The maximum absolute atomic E-state index is 14.0. The molecule has 1 saturated heterocycles. The third-order valence-electron chi connectivity index (χ3n) is 12.1. The minimum atomic E-state index is -1.35. The highest BCUT2D eigenvalue weighted by Crippen LogP contribution is 2.39. The summed E-state index contributed by atoms with van der Waals surface area (Å²) in [4.78, 5) is 81.4. The number of methoxy groups -OCH3 is 1. The van der Waals surface area contributed by atoms with Crippen molar-refractivity contribution in [1.29, 1.82) is 0 Å². The fraction of sp³-hybridized carbons (Fsp3) is 0.429. The van der Waals surface area contributed by atoms with E-state index < -0.39 is 40.6 Å². The molecule has 3 atom stereocenters. The summed E-state index contributed by atoms with van der Waals surface area (Å²) in [5.41, 5.74) is 3.96. The van der Waals surface area contributed by atoms with Crippen LogP contribution in [-0.4, -0.2) is 81.2 Å². The molecule has 14 nitrogen and oxygen atoms in total. The van der Waals surface area contributed by atoms with Crippen LogP contribution in [0.2, 0.25) is 0 Å². The first kappa shape index (κ1) is 47.1. The quantitative estimate of drug-likeness (QED) is 0.0549. The number of ether oxygens (including phenoxy) is 3. The summed E-state index contributed by atoms with van der Waals surface area (Å²) >= 11 is 1.48. The average molecular weight is 925 g/mol. The van der Waals surface area contributed by atoms with Crippen molar-refractivity contribution in [3.8, 4) is 17.2 Å². The van der Waals surface area contributed by atoms with E-state index in [1.807, 2.05) is 24.4 Å². The minimum absolute atomic E-state index is 0.0299. The zero-order valence-electron chi connectivity index (χ0n) is 37.1. The molecular formula is C49H56N4O10S2. The predicted octanol–water partition coefficient (Wildman–Crippen LogP) is 7.90. The molecule has 344 valence electrons. The second-order valence-corrected chi connectivity index (χ2v) is 19.0. The third-order valence-corrected chi connectivity index (χ3v) is 13.9. The number of nitrogens with zero attached hydrogens (tertiary/aromatic N) is 2. The van der Waals surface area contributed by atoms with Crippen molar-refractivity contribution in [2.24, 2.45) is 0 Å². The summed E-state index contributed by atoms with van der Waals surface area (Å²) in [5.74, 6) is -0.437. The maximum atomic E-state index is 14.0. The normalized spacial score (nSPS) is 16.6. The Labute approximate surface area is 385 Å². The number of hydrogen-bond donors (Lipinski definition) is 2. The van der Waals surface area contributed by atoms with Crippen molar-refractivity contribution in [1.82, 2.24) is 15.1 Å². The summed E-state index contributed by atoms with van der Waals surface area (Å²) < 4.78 is 29.8. The van der Waals surface area contributed by atoms with Gasteiger partial charge in [-0.1, -0.05) is 62.8 Å². The van der Waals surface area contributed by atoms with Gasteiger partial charge in [0.15, 0.2) is 11.5 Å². The molecule has 7 rings (SSSR count). The molecule has 3 aliphatic heterocycles. The number of piperidine rings is 1. The van der Waals surface area contributed by atoms with Crippen molar-refractivity contribution in [2.75, 3.05) is 31.0 Å². The van der Waals surface area contributed by atoms with Crippen molar-refractivity contribution >= 4 is 63.3 Å². The largest absolute Gasteiger partial charge is 0.493 e. The van der Waals surface area contributed by atoms with Crippen LogP contribution in [0.5, 0.6) is 17.2 Å². The lowest BCUT2D eigenvalue weighted by Gasteiger charge is -2.29. The number of nitrogens with one attached hydrogen (secondary N) is 2. The van der Waals surface area contributed by atoms with Gasteiger partial charge in [0, 0.05) is 58.0 Å². The van der Waals surface area contributed by atoms with Gasteiger partial charge in [-0.3, -0.25) is 43.2 Å². The fourth-order valence-corrected chi connectivity index (χ4v) is 10.4. The Hall–Kier alpha value is -5.87. The van der Waals surface area contributed by atoms with Gasteiger partial charge in [-0.05, 0) is 80.1 Å². The van der Waals surface area contributed by atoms with E-state index in [2.05, 4.69) is 22.8 Å². The number of anilines is 1. The van der Waals surface area contributed by atoms with Crippen LogP contribution in [0.3, 0.4) is 0 Å². The Bertz CT molecular complexity index is 2450. The molecule has 65 heavy (non-hydrogen) atoms. The summed E-state index contributed by atoms with van der Waals surface area (Å²) in [6.07, 6.45) is 11.6. The van der Waals surface area contributed by atoms with E-state index in [0.29, 0.717) is 61.6 Å². The van der Waals surface area contributed by atoms with Gasteiger partial charge in [0.25, 0.3) is 17.7 Å². The maximum Gasteiger partial charge on any atom is 0.264 e. The number of aryl methyl sites for hydroxylation is 1. The highest BCUT2D eigenvalue weighted by atomic mass is 32.2. The third kappa shape index (κ3) is 11.2. The number of thiophene rings is 1. The standard InChI is InChI=1S/C49H56N4O10S2/c1-4-62-41-26-32(20-24-40(41)61-2)39(30-65(3)60)53-48(58)34-15-13-16-37(45(34)49(53)59)50-43(54)17-12-10-8-6-5-7-9-11-14-31-18-21-33(22-19-31)63-28-42-35-27-52(47(57)36(35)29-64-42)38-23-25-44(55)51-46(38)56/h13,15-16,18-22,24,26,29,38-39H,4-12,14,17,23,25,27-28,30H2,1-3H3,(H,50,54)(H,51,55,56). The predicted molar refractivity (Wildman–Crippen MR) is 248 cm³/mol. The molecule has 1 aromatic heterocycles. The fourth-order valence-electron chi connectivity index (χ4n) is 8.72. The topological polar surface area (TPSA) is 178 Å². The van der Waals surface area contributed by atoms with E-state index in [-0.39, 0.29) is 46.7 Å². The van der Waals surface area contributed by atoms with E-state index in [4.69, 9.17) is 14.2 Å². The van der Waals surface area contributed by atoms with Crippen LogP contribution in [0.25, 0.3) is 0 Å². The second kappa shape index (κ2) is 21.9. The van der Waals surface area contributed by atoms with Crippen molar-refractivity contribution in [3.63, 3.8) is 0 Å². The highest BCUT2D eigenvalue weighted by Gasteiger charge is 2.43. The first-order chi connectivity index (χ1) is 31.5. The first-order valence-electron chi connectivity index (χ1n) is 22.3. The van der Waals surface area contributed by atoms with Gasteiger partial charge in [-0.2, -0.15) is 0 Å². The zero-order valence-corrected chi connectivity index (χ0v) is 38.7. The van der Waals surface area contributed by atoms with E-state index in [1.165, 1.54) is 30.3 Å². The Morgan fingerprint density at radius 3 is 2.32 bits per heavy atom. The molecule has 16 heteroatoms. The number of fused-ring (bicyclic) bond motifs is 2. The first-order valence-corrected chi connectivity index (χ1v) is 24.9. The van der Waals surface area contributed by atoms with Crippen LogP contribution in [-0.2, 0) is 44.8 Å². The molecule has 0 saturated carbocycles. The van der Waals surface area contributed by atoms with Gasteiger partial charge < -0.3 is 24.4 Å². The van der Waals surface area contributed by atoms with E-state index in [1.54, 1.807) is 41.3 Å². The van der Waals surface area contributed by atoms with Crippen molar-refractivity contribution in [3.05, 3.63) is 104 Å². The van der Waals surface area contributed by atoms with Crippen LogP contribution in [0.15, 0.2) is 66.0 Å². The average Bonchev–Trinajstić information content (AvgIpc) is 3.92. The molecule has 4 heterocycles. The molecule has 4 aromatic rings. The number of rotatable bonds is 23. The SMILES string of the molecule is CCOc1cc(C(CS(C)=O)N2C(=O)c3cccc(NC(=O)CCCCCCCCCCc4ccc(OCc5scc6c5CN(C5CCC(=O)NC5=O)C6=O)cc4)c3C2=O)ccc1OC. The number of carbonyl (C=O) groups is 6. The Balaban J connectivity index is 0.782. The van der Waals surface area contributed by atoms with E-state index in [9.17, 15) is 33.0 Å². The lowest BCUT2D eigenvalue weighted by atomic mass is 10.0. The Morgan fingerprint density at radius 2 is 1.62 bits per heavy atom. The van der Waals surface area contributed by atoms with Gasteiger partial charge in [0.05, 0.1) is 42.1 Å². The van der Waals surface area contributed by atoms with E-state index >= 15 is 0 Å². The van der Waals surface area contributed by atoms with Gasteiger partial charge in [0.1, 0.15) is 18.4 Å². The number of carbonyl (C=O) groups excluding carboxylic acids is 6. The lowest BCUT2D eigenvalue weighted by molar-refractivity contribution is -0.137. The van der Waals surface area contributed by atoms with Crippen molar-refractivity contribution in [2.45, 2.75) is 109 Å². The van der Waals surface area contributed by atoms with Gasteiger partial charge in [0.2, 0.25) is 17.7 Å². The second-order valence-electron chi connectivity index (χ2n) is 16.6. The summed E-state index contributed by atoms with van der Waals surface area (Å²) in [6.45, 7) is 2.89. The number of amides is 6. The molecule has 0 aliphatic carbocycles. The van der Waals surface area contributed by atoms with Crippen LogP contribution in [0.4, 0.5) is 5.69 Å². The van der Waals surface area contributed by atoms with Crippen LogP contribution in [0.1, 0.15) is 136 Å². The highest BCUT2D eigenvalue weighted by molar-refractivity contribution is 7.84. The van der Waals surface area contributed by atoms with Crippen LogP contribution in [0, 0.1) is 0 Å².